The predicted octanol–water partition coefficient (Wildman–Crippen LogP) is 2.16. The molecule has 0 aromatic heterocycles. The van der Waals surface area contributed by atoms with Crippen LogP contribution in [0.25, 0.3) is 0 Å². The van der Waals surface area contributed by atoms with E-state index in [1.807, 2.05) is 20.8 Å². The Morgan fingerprint density at radius 2 is 1.94 bits per heavy atom. The first-order valence-corrected chi connectivity index (χ1v) is 6.30. The number of rotatable bonds is 4. The van der Waals surface area contributed by atoms with Crippen LogP contribution in [0.4, 0.5) is 0 Å². The third kappa shape index (κ3) is 6.03. The molecule has 0 aliphatic carbocycles. The fraction of sp³-hybridized carbons (Fsp3) is 0.923. The minimum absolute atomic E-state index is 0.287. The Morgan fingerprint density at radius 3 is 2.47 bits per heavy atom. The molecule has 0 aromatic rings. The average molecular weight is 244 g/mol. The lowest BCUT2D eigenvalue weighted by Gasteiger charge is -2.25. The van der Waals surface area contributed by atoms with Crippen molar-refractivity contribution < 1.29 is 19.0 Å². The molecule has 1 aliphatic heterocycles. The van der Waals surface area contributed by atoms with Gasteiger partial charge in [-0.05, 0) is 46.5 Å². The van der Waals surface area contributed by atoms with Crippen LogP contribution in [0.2, 0.25) is 0 Å². The summed E-state index contributed by atoms with van der Waals surface area (Å²) in [5.74, 6) is 0.221. The highest BCUT2D eigenvalue weighted by Crippen LogP contribution is 2.16. The van der Waals surface area contributed by atoms with E-state index < -0.39 is 11.7 Å². The zero-order valence-electron chi connectivity index (χ0n) is 11.3. The maximum Gasteiger partial charge on any atom is 0.335 e. The fourth-order valence-corrected chi connectivity index (χ4v) is 1.65. The number of esters is 1. The van der Waals surface area contributed by atoms with Gasteiger partial charge in [-0.15, -0.1) is 0 Å². The molecule has 17 heavy (non-hydrogen) atoms. The van der Waals surface area contributed by atoms with E-state index in [4.69, 9.17) is 14.2 Å². The van der Waals surface area contributed by atoms with Gasteiger partial charge in [0.05, 0.1) is 6.61 Å². The van der Waals surface area contributed by atoms with Crippen molar-refractivity contribution in [2.75, 3.05) is 19.8 Å². The Kier molecular flexibility index (Phi) is 5.40. The lowest BCUT2D eigenvalue weighted by Crippen LogP contribution is -2.33. The molecule has 0 saturated carbocycles. The largest absolute Gasteiger partial charge is 0.458 e. The predicted molar refractivity (Wildman–Crippen MR) is 64.8 cm³/mol. The summed E-state index contributed by atoms with van der Waals surface area (Å²) in [7, 11) is 0. The molecular formula is C13H24O4. The van der Waals surface area contributed by atoms with Crippen LogP contribution in [0.5, 0.6) is 0 Å². The van der Waals surface area contributed by atoms with Gasteiger partial charge in [0.15, 0.2) is 6.10 Å². The third-order valence-electron chi connectivity index (χ3n) is 2.66. The van der Waals surface area contributed by atoms with Gasteiger partial charge in [0.25, 0.3) is 0 Å². The van der Waals surface area contributed by atoms with Gasteiger partial charge in [-0.3, -0.25) is 0 Å². The maximum atomic E-state index is 11.7. The summed E-state index contributed by atoms with van der Waals surface area (Å²) in [6.45, 7) is 9.53. The SMILES string of the molecule is CC(OCC1CCOCC1)C(=O)OC(C)(C)C. The minimum atomic E-state index is -0.489. The van der Waals surface area contributed by atoms with Gasteiger partial charge in [0, 0.05) is 13.2 Å². The number of hydrogen-bond acceptors (Lipinski definition) is 4. The van der Waals surface area contributed by atoms with Gasteiger partial charge in [-0.2, -0.15) is 0 Å². The topological polar surface area (TPSA) is 44.8 Å². The van der Waals surface area contributed by atoms with E-state index in [0.717, 1.165) is 26.1 Å². The normalized spacial score (nSPS) is 20.0. The van der Waals surface area contributed by atoms with E-state index in [-0.39, 0.29) is 5.97 Å². The number of ether oxygens (including phenoxy) is 3. The molecule has 4 nitrogen and oxygen atoms in total. The first-order chi connectivity index (χ1) is 7.88. The van der Waals surface area contributed by atoms with Crippen molar-refractivity contribution in [3.8, 4) is 0 Å². The molecule has 1 aliphatic rings. The van der Waals surface area contributed by atoms with Crippen molar-refractivity contribution >= 4 is 5.97 Å². The van der Waals surface area contributed by atoms with Gasteiger partial charge in [0.2, 0.25) is 0 Å². The molecule has 0 radical (unpaired) electrons. The summed E-state index contributed by atoms with van der Waals surface area (Å²) in [5, 5.41) is 0. The lowest BCUT2D eigenvalue weighted by atomic mass is 10.0. The molecule has 1 rings (SSSR count). The van der Waals surface area contributed by atoms with Gasteiger partial charge in [-0.25, -0.2) is 4.79 Å². The molecule has 1 saturated heterocycles. The van der Waals surface area contributed by atoms with Crippen LogP contribution in [0.15, 0.2) is 0 Å². The van der Waals surface area contributed by atoms with Crippen LogP contribution in [-0.4, -0.2) is 37.5 Å². The second-order valence-electron chi connectivity index (χ2n) is 5.56. The van der Waals surface area contributed by atoms with Crippen molar-refractivity contribution in [3.05, 3.63) is 0 Å². The van der Waals surface area contributed by atoms with Gasteiger partial charge in [0.1, 0.15) is 5.60 Å². The quantitative estimate of drug-likeness (QED) is 0.711. The van der Waals surface area contributed by atoms with Crippen LogP contribution in [0.3, 0.4) is 0 Å². The average Bonchev–Trinajstić information content (AvgIpc) is 2.25. The van der Waals surface area contributed by atoms with Gasteiger partial charge in [-0.1, -0.05) is 0 Å². The van der Waals surface area contributed by atoms with Crippen molar-refractivity contribution in [1.29, 1.82) is 0 Å². The van der Waals surface area contributed by atoms with Crippen molar-refractivity contribution in [1.82, 2.24) is 0 Å². The second kappa shape index (κ2) is 6.36. The number of hydrogen-bond donors (Lipinski definition) is 0. The third-order valence-corrected chi connectivity index (χ3v) is 2.66. The molecular weight excluding hydrogens is 220 g/mol. The molecule has 0 bridgehead atoms. The van der Waals surface area contributed by atoms with Crippen LogP contribution in [0, 0.1) is 5.92 Å². The standard InChI is InChI=1S/C13H24O4/c1-10(12(14)17-13(2,3)4)16-9-11-5-7-15-8-6-11/h10-11H,5-9H2,1-4H3. The molecule has 0 spiro atoms. The first-order valence-electron chi connectivity index (χ1n) is 6.30. The van der Waals surface area contributed by atoms with Crippen LogP contribution in [-0.2, 0) is 19.0 Å². The molecule has 0 amide bonds. The Bertz CT molecular complexity index is 238. The van der Waals surface area contributed by atoms with Crippen molar-refractivity contribution in [2.24, 2.45) is 5.92 Å². The molecule has 4 heteroatoms. The molecule has 0 N–H and O–H groups in total. The van der Waals surface area contributed by atoms with Crippen LogP contribution >= 0.6 is 0 Å². The Labute approximate surface area is 104 Å². The fourth-order valence-electron chi connectivity index (χ4n) is 1.65. The zero-order valence-corrected chi connectivity index (χ0v) is 11.3. The summed E-state index contributed by atoms with van der Waals surface area (Å²) in [6.07, 6.45) is 1.54. The second-order valence-corrected chi connectivity index (χ2v) is 5.56. The highest BCUT2D eigenvalue weighted by atomic mass is 16.6. The van der Waals surface area contributed by atoms with E-state index in [1.165, 1.54) is 0 Å². The molecule has 1 atom stereocenters. The summed E-state index contributed by atoms with van der Waals surface area (Å²) < 4.78 is 16.1. The summed E-state index contributed by atoms with van der Waals surface area (Å²) in [5.41, 5.74) is -0.451. The first kappa shape index (κ1) is 14.5. The Morgan fingerprint density at radius 1 is 1.35 bits per heavy atom. The highest BCUT2D eigenvalue weighted by Gasteiger charge is 2.23. The molecule has 0 aromatic carbocycles. The number of carbonyl (C=O) groups excluding carboxylic acids is 1. The zero-order chi connectivity index (χ0) is 12.9. The summed E-state index contributed by atoms with van der Waals surface area (Å²) >= 11 is 0. The summed E-state index contributed by atoms with van der Waals surface area (Å²) in [4.78, 5) is 11.7. The maximum absolute atomic E-state index is 11.7. The van der Waals surface area contributed by atoms with E-state index >= 15 is 0 Å². The highest BCUT2D eigenvalue weighted by molar-refractivity contribution is 5.74. The Balaban J connectivity index is 2.23. The van der Waals surface area contributed by atoms with Crippen LogP contribution < -0.4 is 0 Å². The monoisotopic (exact) mass is 244 g/mol. The molecule has 1 fully saturated rings. The van der Waals surface area contributed by atoms with Gasteiger partial charge >= 0.3 is 5.97 Å². The summed E-state index contributed by atoms with van der Waals surface area (Å²) in [6, 6.07) is 0. The van der Waals surface area contributed by atoms with Crippen LogP contribution in [0.1, 0.15) is 40.5 Å². The van der Waals surface area contributed by atoms with Crippen molar-refractivity contribution in [3.63, 3.8) is 0 Å². The molecule has 1 heterocycles. The van der Waals surface area contributed by atoms with Gasteiger partial charge < -0.3 is 14.2 Å². The van der Waals surface area contributed by atoms with E-state index in [9.17, 15) is 4.79 Å². The molecule has 100 valence electrons. The Hall–Kier alpha value is -0.610. The van der Waals surface area contributed by atoms with E-state index in [1.54, 1.807) is 6.92 Å². The number of carbonyl (C=O) groups is 1. The lowest BCUT2D eigenvalue weighted by molar-refractivity contribution is -0.168. The van der Waals surface area contributed by atoms with E-state index in [2.05, 4.69) is 0 Å². The minimum Gasteiger partial charge on any atom is -0.458 e. The van der Waals surface area contributed by atoms with Crippen molar-refractivity contribution in [2.45, 2.75) is 52.2 Å². The smallest absolute Gasteiger partial charge is 0.335 e. The van der Waals surface area contributed by atoms with E-state index in [0.29, 0.717) is 12.5 Å². The molecule has 1 unspecified atom stereocenters.